The summed E-state index contributed by atoms with van der Waals surface area (Å²) in [5.41, 5.74) is 1.08. The van der Waals surface area contributed by atoms with Gasteiger partial charge in [-0.05, 0) is 12.8 Å². The molecular formula is C12H22ClN3O. The number of aliphatic hydroxyl groups excluding tert-OH is 1. The van der Waals surface area contributed by atoms with Gasteiger partial charge in [0.2, 0.25) is 0 Å². The van der Waals surface area contributed by atoms with Gasteiger partial charge in [-0.15, -0.1) is 12.4 Å². The minimum Gasteiger partial charge on any atom is -0.394 e. The van der Waals surface area contributed by atoms with Gasteiger partial charge in [0.05, 0.1) is 25.0 Å². The molecule has 1 aromatic rings. The smallest absolute Gasteiger partial charge is 0.0728 e. The number of hydrogen-bond acceptors (Lipinski definition) is 3. The highest BCUT2D eigenvalue weighted by Gasteiger charge is 2.12. The molecule has 0 amide bonds. The lowest BCUT2D eigenvalue weighted by molar-refractivity contribution is 0.269. The van der Waals surface area contributed by atoms with Crippen LogP contribution in [0.25, 0.3) is 0 Å². The van der Waals surface area contributed by atoms with Gasteiger partial charge in [-0.3, -0.25) is 4.68 Å². The highest BCUT2D eigenvalue weighted by molar-refractivity contribution is 5.85. The van der Waals surface area contributed by atoms with Crippen LogP contribution in [0.2, 0.25) is 0 Å². The average Bonchev–Trinajstić information content (AvgIpc) is 2.56. The van der Waals surface area contributed by atoms with Crippen LogP contribution in [0.3, 0.4) is 0 Å². The second-order valence-corrected chi connectivity index (χ2v) is 4.55. The molecule has 0 aliphatic heterocycles. The van der Waals surface area contributed by atoms with E-state index >= 15 is 0 Å². The van der Waals surface area contributed by atoms with Crippen LogP contribution >= 0.6 is 12.4 Å². The van der Waals surface area contributed by atoms with Crippen molar-refractivity contribution in [1.29, 1.82) is 0 Å². The average molecular weight is 260 g/mol. The highest BCUT2D eigenvalue weighted by atomic mass is 35.5. The Morgan fingerprint density at radius 2 is 2.00 bits per heavy atom. The topological polar surface area (TPSA) is 50.1 Å². The number of rotatable bonds is 4. The molecule has 0 spiro atoms. The fourth-order valence-corrected chi connectivity index (χ4v) is 2.32. The predicted molar refractivity (Wildman–Crippen MR) is 71.7 cm³/mol. The first kappa shape index (κ1) is 14.3. The number of anilines is 1. The summed E-state index contributed by atoms with van der Waals surface area (Å²) in [4.78, 5) is 0. The standard InChI is InChI=1S/C12H21N3O.ClH/c16-8-7-15-10-12(9-13-15)14-11-5-3-1-2-4-6-11;/h9-11,14,16H,1-8H2;1H. The summed E-state index contributed by atoms with van der Waals surface area (Å²) in [5, 5.41) is 16.5. The van der Waals surface area contributed by atoms with Crippen molar-refractivity contribution in [2.75, 3.05) is 11.9 Å². The zero-order valence-electron chi connectivity index (χ0n) is 10.1. The third-order valence-electron chi connectivity index (χ3n) is 3.19. The molecule has 0 aromatic carbocycles. The minimum absolute atomic E-state index is 0. The molecule has 0 atom stereocenters. The van der Waals surface area contributed by atoms with E-state index in [1.165, 1.54) is 38.5 Å². The van der Waals surface area contributed by atoms with E-state index in [0.717, 1.165) is 5.69 Å². The molecule has 17 heavy (non-hydrogen) atoms. The minimum atomic E-state index is 0. The summed E-state index contributed by atoms with van der Waals surface area (Å²) in [7, 11) is 0. The van der Waals surface area contributed by atoms with E-state index in [1.807, 2.05) is 12.4 Å². The second-order valence-electron chi connectivity index (χ2n) is 4.55. The van der Waals surface area contributed by atoms with Crippen molar-refractivity contribution >= 4 is 18.1 Å². The van der Waals surface area contributed by atoms with Crippen molar-refractivity contribution in [1.82, 2.24) is 9.78 Å². The first-order valence-corrected chi connectivity index (χ1v) is 6.28. The Labute approximate surface area is 109 Å². The molecule has 1 saturated carbocycles. The number of aromatic nitrogens is 2. The third kappa shape index (κ3) is 4.56. The number of halogens is 1. The molecule has 1 fully saturated rings. The lowest BCUT2D eigenvalue weighted by atomic mass is 10.1. The Balaban J connectivity index is 0.00000144. The van der Waals surface area contributed by atoms with E-state index in [0.29, 0.717) is 12.6 Å². The summed E-state index contributed by atoms with van der Waals surface area (Å²) >= 11 is 0. The molecule has 0 bridgehead atoms. The third-order valence-corrected chi connectivity index (χ3v) is 3.19. The highest BCUT2D eigenvalue weighted by Crippen LogP contribution is 2.20. The van der Waals surface area contributed by atoms with Crippen molar-refractivity contribution < 1.29 is 5.11 Å². The maximum absolute atomic E-state index is 8.81. The number of nitrogens with zero attached hydrogens (tertiary/aromatic N) is 2. The van der Waals surface area contributed by atoms with E-state index < -0.39 is 0 Å². The van der Waals surface area contributed by atoms with Gasteiger partial charge in [0.25, 0.3) is 0 Å². The molecule has 1 aliphatic carbocycles. The van der Waals surface area contributed by atoms with Crippen LogP contribution in [0, 0.1) is 0 Å². The van der Waals surface area contributed by atoms with Gasteiger partial charge in [-0.2, -0.15) is 5.10 Å². The normalized spacial score (nSPS) is 17.2. The summed E-state index contributed by atoms with van der Waals surface area (Å²) in [6.07, 6.45) is 11.8. The van der Waals surface area contributed by atoms with Crippen LogP contribution in [0.15, 0.2) is 12.4 Å². The first-order valence-electron chi connectivity index (χ1n) is 6.28. The van der Waals surface area contributed by atoms with Crippen LogP contribution < -0.4 is 5.32 Å². The maximum Gasteiger partial charge on any atom is 0.0728 e. The molecular weight excluding hydrogens is 238 g/mol. The number of aliphatic hydroxyl groups is 1. The van der Waals surface area contributed by atoms with E-state index in [2.05, 4.69) is 10.4 Å². The van der Waals surface area contributed by atoms with Crippen molar-refractivity contribution in [2.45, 2.75) is 51.1 Å². The number of nitrogens with one attached hydrogen (secondary N) is 1. The molecule has 1 aromatic heterocycles. The molecule has 0 saturated heterocycles. The van der Waals surface area contributed by atoms with Crippen LogP contribution in [0.4, 0.5) is 5.69 Å². The van der Waals surface area contributed by atoms with Gasteiger partial charge in [0.1, 0.15) is 0 Å². The van der Waals surface area contributed by atoms with Gasteiger partial charge in [0.15, 0.2) is 0 Å². The van der Waals surface area contributed by atoms with Crippen molar-refractivity contribution in [3.8, 4) is 0 Å². The zero-order chi connectivity index (χ0) is 11.2. The quantitative estimate of drug-likeness (QED) is 0.817. The SMILES string of the molecule is Cl.OCCn1cc(NC2CCCCCC2)cn1. The summed E-state index contributed by atoms with van der Waals surface area (Å²) in [5.74, 6) is 0. The van der Waals surface area contributed by atoms with E-state index in [4.69, 9.17) is 5.11 Å². The fraction of sp³-hybridized carbons (Fsp3) is 0.750. The summed E-state index contributed by atoms with van der Waals surface area (Å²) < 4.78 is 1.78. The number of hydrogen-bond donors (Lipinski definition) is 2. The lowest BCUT2D eigenvalue weighted by Crippen LogP contribution is -2.17. The summed E-state index contributed by atoms with van der Waals surface area (Å²) in [6, 6.07) is 0.606. The molecule has 98 valence electrons. The van der Waals surface area contributed by atoms with Crippen LogP contribution in [-0.2, 0) is 6.54 Å². The van der Waals surface area contributed by atoms with Gasteiger partial charge >= 0.3 is 0 Å². The largest absolute Gasteiger partial charge is 0.394 e. The second kappa shape index (κ2) is 7.56. The molecule has 5 heteroatoms. The lowest BCUT2D eigenvalue weighted by Gasteiger charge is -2.15. The Morgan fingerprint density at radius 1 is 1.29 bits per heavy atom. The fourth-order valence-electron chi connectivity index (χ4n) is 2.32. The monoisotopic (exact) mass is 259 g/mol. The zero-order valence-corrected chi connectivity index (χ0v) is 11.0. The molecule has 0 radical (unpaired) electrons. The molecule has 4 nitrogen and oxygen atoms in total. The van der Waals surface area contributed by atoms with Gasteiger partial charge in [-0.1, -0.05) is 25.7 Å². The molecule has 1 aliphatic rings. The van der Waals surface area contributed by atoms with E-state index in [-0.39, 0.29) is 19.0 Å². The Bertz CT molecular complexity index is 308. The van der Waals surface area contributed by atoms with Crippen LogP contribution in [0.1, 0.15) is 38.5 Å². The van der Waals surface area contributed by atoms with Crippen LogP contribution in [0.5, 0.6) is 0 Å². The molecule has 1 heterocycles. The first-order chi connectivity index (χ1) is 7.88. The van der Waals surface area contributed by atoms with E-state index in [9.17, 15) is 0 Å². The van der Waals surface area contributed by atoms with Gasteiger partial charge in [-0.25, -0.2) is 0 Å². The van der Waals surface area contributed by atoms with E-state index in [1.54, 1.807) is 4.68 Å². The van der Waals surface area contributed by atoms with Crippen molar-refractivity contribution in [3.63, 3.8) is 0 Å². The Morgan fingerprint density at radius 3 is 2.65 bits per heavy atom. The molecule has 0 unspecified atom stereocenters. The predicted octanol–water partition coefficient (Wildman–Crippen LogP) is 2.43. The Hall–Kier alpha value is -0.740. The van der Waals surface area contributed by atoms with Gasteiger partial charge in [0, 0.05) is 12.2 Å². The maximum atomic E-state index is 8.81. The molecule has 2 rings (SSSR count). The Kier molecular flexibility index (Phi) is 6.37. The van der Waals surface area contributed by atoms with Crippen molar-refractivity contribution in [2.24, 2.45) is 0 Å². The molecule has 2 N–H and O–H groups in total. The summed E-state index contributed by atoms with van der Waals surface area (Å²) in [6.45, 7) is 0.719. The van der Waals surface area contributed by atoms with Gasteiger partial charge < -0.3 is 10.4 Å². The van der Waals surface area contributed by atoms with Crippen molar-refractivity contribution in [3.05, 3.63) is 12.4 Å². The van der Waals surface area contributed by atoms with Crippen LogP contribution in [-0.4, -0.2) is 27.5 Å².